The average molecular weight is 366 g/mol. The molecular formula is C15H22BrF2NS. The van der Waals surface area contributed by atoms with Crippen LogP contribution in [0.3, 0.4) is 0 Å². The van der Waals surface area contributed by atoms with Gasteiger partial charge in [0.25, 0.3) is 0 Å². The van der Waals surface area contributed by atoms with Crippen molar-refractivity contribution in [2.75, 3.05) is 12.3 Å². The van der Waals surface area contributed by atoms with Crippen LogP contribution in [-0.2, 0) is 6.42 Å². The summed E-state index contributed by atoms with van der Waals surface area (Å²) in [7, 11) is 0. The molecule has 114 valence electrons. The van der Waals surface area contributed by atoms with Crippen molar-refractivity contribution in [1.29, 1.82) is 0 Å². The Morgan fingerprint density at radius 1 is 1.30 bits per heavy atom. The molecule has 0 saturated carbocycles. The standard InChI is InChI=1S/C15H22BrF2NS/c1-4-7-19-11(9-20-10(2)3)8-12-14(17)6-5-13(16)15(12)18/h5-6,10-11,19H,4,7-9H2,1-3H3. The van der Waals surface area contributed by atoms with Gasteiger partial charge in [-0.15, -0.1) is 0 Å². The predicted octanol–water partition coefficient (Wildman–Crippen LogP) is 4.78. The van der Waals surface area contributed by atoms with Crippen molar-refractivity contribution < 1.29 is 8.78 Å². The molecule has 1 aromatic carbocycles. The molecule has 1 aromatic rings. The molecule has 0 aromatic heterocycles. The molecule has 1 unspecified atom stereocenters. The van der Waals surface area contributed by atoms with Crippen molar-refractivity contribution in [3.05, 3.63) is 33.8 Å². The molecular weight excluding hydrogens is 344 g/mol. The van der Waals surface area contributed by atoms with E-state index >= 15 is 0 Å². The summed E-state index contributed by atoms with van der Waals surface area (Å²) in [5.41, 5.74) is 0.164. The van der Waals surface area contributed by atoms with Crippen molar-refractivity contribution in [2.45, 2.75) is 44.9 Å². The second kappa shape index (κ2) is 9.00. The van der Waals surface area contributed by atoms with Gasteiger partial charge in [-0.05, 0) is 52.7 Å². The molecule has 0 radical (unpaired) electrons. The SMILES string of the molecule is CCCNC(CSC(C)C)Cc1c(F)ccc(Br)c1F. The second-order valence-electron chi connectivity index (χ2n) is 5.06. The third kappa shape index (κ3) is 5.70. The Labute approximate surface area is 133 Å². The summed E-state index contributed by atoms with van der Waals surface area (Å²) in [5, 5.41) is 3.89. The summed E-state index contributed by atoms with van der Waals surface area (Å²) in [6, 6.07) is 2.81. The Kier molecular flexibility index (Phi) is 8.07. The third-order valence-corrected chi connectivity index (χ3v) is 4.78. The molecule has 1 nitrogen and oxygen atoms in total. The lowest BCUT2D eigenvalue weighted by Crippen LogP contribution is -2.35. The molecule has 1 N–H and O–H groups in total. The summed E-state index contributed by atoms with van der Waals surface area (Å²) in [5.74, 6) is -0.102. The van der Waals surface area contributed by atoms with Crippen LogP contribution < -0.4 is 5.32 Å². The Bertz CT molecular complexity index is 427. The minimum absolute atomic E-state index is 0.0839. The van der Waals surface area contributed by atoms with Crippen molar-refractivity contribution in [2.24, 2.45) is 0 Å². The van der Waals surface area contributed by atoms with Crippen LogP contribution in [0.5, 0.6) is 0 Å². The maximum absolute atomic E-state index is 14.0. The Balaban J connectivity index is 2.80. The quantitative estimate of drug-likeness (QED) is 0.665. The molecule has 1 atom stereocenters. The van der Waals surface area contributed by atoms with Crippen LogP contribution >= 0.6 is 27.7 Å². The van der Waals surface area contributed by atoms with E-state index in [1.165, 1.54) is 12.1 Å². The monoisotopic (exact) mass is 365 g/mol. The van der Waals surface area contributed by atoms with E-state index in [-0.39, 0.29) is 11.6 Å². The van der Waals surface area contributed by atoms with Crippen molar-refractivity contribution in [3.8, 4) is 0 Å². The van der Waals surface area contributed by atoms with Gasteiger partial charge >= 0.3 is 0 Å². The first-order valence-electron chi connectivity index (χ1n) is 6.93. The van der Waals surface area contributed by atoms with E-state index < -0.39 is 11.6 Å². The highest BCUT2D eigenvalue weighted by Gasteiger charge is 2.18. The number of benzene rings is 1. The molecule has 0 saturated heterocycles. The van der Waals surface area contributed by atoms with E-state index in [0.29, 0.717) is 16.1 Å². The van der Waals surface area contributed by atoms with E-state index in [0.717, 1.165) is 18.7 Å². The van der Waals surface area contributed by atoms with Gasteiger partial charge in [-0.2, -0.15) is 11.8 Å². The van der Waals surface area contributed by atoms with Gasteiger partial charge in [-0.3, -0.25) is 0 Å². The largest absolute Gasteiger partial charge is 0.313 e. The average Bonchev–Trinajstić information content (AvgIpc) is 2.41. The minimum Gasteiger partial charge on any atom is -0.313 e. The molecule has 0 heterocycles. The lowest BCUT2D eigenvalue weighted by atomic mass is 10.1. The second-order valence-corrected chi connectivity index (χ2v) is 7.52. The van der Waals surface area contributed by atoms with Gasteiger partial charge < -0.3 is 5.32 Å². The van der Waals surface area contributed by atoms with Crippen LogP contribution in [0, 0.1) is 11.6 Å². The van der Waals surface area contributed by atoms with Crippen LogP contribution in [-0.4, -0.2) is 23.6 Å². The fourth-order valence-electron chi connectivity index (χ4n) is 1.85. The summed E-state index contributed by atoms with van der Waals surface area (Å²) < 4.78 is 28.2. The Morgan fingerprint density at radius 3 is 2.60 bits per heavy atom. The van der Waals surface area contributed by atoms with Crippen molar-refractivity contribution in [3.63, 3.8) is 0 Å². The van der Waals surface area contributed by atoms with Gasteiger partial charge in [0.2, 0.25) is 0 Å². The summed E-state index contributed by atoms with van der Waals surface area (Å²) in [4.78, 5) is 0. The van der Waals surface area contributed by atoms with E-state index in [1.54, 1.807) is 11.8 Å². The van der Waals surface area contributed by atoms with E-state index in [4.69, 9.17) is 0 Å². The van der Waals surface area contributed by atoms with Crippen LogP contribution in [0.15, 0.2) is 16.6 Å². The Morgan fingerprint density at radius 2 is 2.00 bits per heavy atom. The number of nitrogens with one attached hydrogen (secondary N) is 1. The first kappa shape index (κ1) is 17.9. The van der Waals surface area contributed by atoms with Crippen LogP contribution in [0.25, 0.3) is 0 Å². The minimum atomic E-state index is -0.483. The lowest BCUT2D eigenvalue weighted by Gasteiger charge is -2.20. The maximum atomic E-state index is 14.0. The highest BCUT2D eigenvalue weighted by Crippen LogP contribution is 2.24. The number of rotatable bonds is 8. The molecule has 20 heavy (non-hydrogen) atoms. The van der Waals surface area contributed by atoms with Gasteiger partial charge in [0, 0.05) is 17.4 Å². The van der Waals surface area contributed by atoms with Crippen molar-refractivity contribution >= 4 is 27.7 Å². The highest BCUT2D eigenvalue weighted by atomic mass is 79.9. The molecule has 0 aliphatic rings. The zero-order valence-corrected chi connectivity index (χ0v) is 14.6. The van der Waals surface area contributed by atoms with Crippen molar-refractivity contribution in [1.82, 2.24) is 5.32 Å². The zero-order chi connectivity index (χ0) is 15.1. The summed E-state index contributed by atoms with van der Waals surface area (Å²) >= 11 is 4.92. The smallest absolute Gasteiger partial charge is 0.143 e. The molecule has 0 aliphatic heterocycles. The number of halogens is 3. The fraction of sp³-hybridized carbons (Fsp3) is 0.600. The van der Waals surface area contributed by atoms with E-state index in [9.17, 15) is 8.78 Å². The molecule has 0 aliphatic carbocycles. The van der Waals surface area contributed by atoms with Gasteiger partial charge in [0.15, 0.2) is 0 Å². The lowest BCUT2D eigenvalue weighted by molar-refractivity contribution is 0.501. The molecule has 5 heteroatoms. The first-order valence-corrected chi connectivity index (χ1v) is 8.77. The molecule has 0 fully saturated rings. The maximum Gasteiger partial charge on any atom is 0.143 e. The van der Waals surface area contributed by atoms with E-state index in [2.05, 4.69) is 42.0 Å². The van der Waals surface area contributed by atoms with Gasteiger partial charge in [-0.25, -0.2) is 8.78 Å². The van der Waals surface area contributed by atoms with Crippen LogP contribution in [0.2, 0.25) is 0 Å². The van der Waals surface area contributed by atoms with E-state index in [1.807, 2.05) is 0 Å². The Hall–Kier alpha value is -0.130. The van der Waals surface area contributed by atoms with Gasteiger partial charge in [0.1, 0.15) is 11.6 Å². The highest BCUT2D eigenvalue weighted by molar-refractivity contribution is 9.10. The molecule has 0 amide bonds. The molecule has 0 spiro atoms. The van der Waals surface area contributed by atoms with Gasteiger partial charge in [-0.1, -0.05) is 20.8 Å². The topological polar surface area (TPSA) is 12.0 Å². The summed E-state index contributed by atoms with van der Waals surface area (Å²) in [6.45, 7) is 7.20. The van der Waals surface area contributed by atoms with Crippen LogP contribution in [0.4, 0.5) is 8.78 Å². The normalized spacial score (nSPS) is 12.9. The zero-order valence-electron chi connectivity index (χ0n) is 12.2. The summed E-state index contributed by atoms with van der Waals surface area (Å²) in [6.07, 6.45) is 1.38. The number of hydrogen-bond donors (Lipinski definition) is 1. The first-order chi connectivity index (χ1) is 9.45. The fourth-order valence-corrected chi connectivity index (χ4v) is 3.07. The molecule has 1 rings (SSSR count). The molecule has 0 bridgehead atoms. The predicted molar refractivity (Wildman–Crippen MR) is 87.4 cm³/mol. The van der Waals surface area contributed by atoms with Crippen LogP contribution in [0.1, 0.15) is 32.8 Å². The third-order valence-electron chi connectivity index (χ3n) is 2.90. The number of hydrogen-bond acceptors (Lipinski definition) is 2. The van der Waals surface area contributed by atoms with Gasteiger partial charge in [0.05, 0.1) is 4.47 Å². The number of thioether (sulfide) groups is 1.